The van der Waals surface area contributed by atoms with Crippen molar-refractivity contribution in [2.24, 2.45) is 0 Å². The predicted octanol–water partition coefficient (Wildman–Crippen LogP) is 4.19. The van der Waals surface area contributed by atoms with Crippen molar-refractivity contribution >= 4 is 38.6 Å². The molecule has 5 nitrogen and oxygen atoms in total. The number of thiazole rings is 1. The molecule has 3 rings (SSSR count). The number of aromatic nitrogens is 1. The Morgan fingerprint density at radius 3 is 2.46 bits per heavy atom. The summed E-state index contributed by atoms with van der Waals surface area (Å²) in [6, 6.07) is 9.31. The predicted molar refractivity (Wildman–Crippen MR) is 104 cm³/mol. The highest BCUT2D eigenvalue weighted by atomic mass is 32.1. The minimum atomic E-state index is -0.392. The van der Waals surface area contributed by atoms with Gasteiger partial charge in [-0.3, -0.25) is 4.79 Å². The van der Waals surface area contributed by atoms with Crippen LogP contribution in [0, 0.1) is 20.8 Å². The normalized spacial score (nSPS) is 10.8. The van der Waals surface area contributed by atoms with Crippen LogP contribution in [0.2, 0.25) is 0 Å². The minimum Gasteiger partial charge on any atom is -0.465 e. The molecule has 1 N–H and O–H groups in total. The maximum atomic E-state index is 12.5. The fourth-order valence-corrected chi connectivity index (χ4v) is 3.96. The van der Waals surface area contributed by atoms with Crippen LogP contribution >= 0.6 is 11.3 Å². The lowest BCUT2D eigenvalue weighted by Gasteiger charge is -2.10. The maximum Gasteiger partial charge on any atom is 0.337 e. The number of carbonyl (C=O) groups excluding carboxylic acids is 2. The van der Waals surface area contributed by atoms with Crippen molar-refractivity contribution in [2.45, 2.75) is 27.2 Å². The van der Waals surface area contributed by atoms with Gasteiger partial charge in [-0.2, -0.15) is 0 Å². The summed E-state index contributed by atoms with van der Waals surface area (Å²) >= 11 is 1.34. The van der Waals surface area contributed by atoms with E-state index < -0.39 is 5.97 Å². The van der Waals surface area contributed by atoms with Crippen LogP contribution in [0.25, 0.3) is 10.2 Å². The van der Waals surface area contributed by atoms with Crippen molar-refractivity contribution in [3.05, 3.63) is 58.1 Å². The van der Waals surface area contributed by atoms with Gasteiger partial charge in [-0.15, -0.1) is 0 Å². The van der Waals surface area contributed by atoms with E-state index in [0.29, 0.717) is 17.1 Å². The topological polar surface area (TPSA) is 68.3 Å². The second-order valence-corrected chi connectivity index (χ2v) is 7.33. The zero-order valence-electron chi connectivity index (χ0n) is 15.2. The zero-order chi connectivity index (χ0) is 18.8. The van der Waals surface area contributed by atoms with E-state index in [1.165, 1.54) is 24.0 Å². The number of nitrogens with one attached hydrogen (secondary N) is 1. The van der Waals surface area contributed by atoms with Crippen molar-refractivity contribution in [2.75, 3.05) is 12.4 Å². The van der Waals surface area contributed by atoms with E-state index in [2.05, 4.69) is 22.4 Å². The molecule has 3 aromatic rings. The second-order valence-electron chi connectivity index (χ2n) is 6.30. The summed E-state index contributed by atoms with van der Waals surface area (Å²) in [5.74, 6) is -0.497. The standard InChI is InChI=1S/C20H20N2O3S/c1-11-7-12(2)15(13(3)8-11)10-18(23)22-20-21-16-6-5-14(19(24)25-4)9-17(16)26-20/h5-9H,10H2,1-4H3,(H,21,22,23). The molecule has 0 bridgehead atoms. The van der Waals surface area contributed by atoms with E-state index >= 15 is 0 Å². The Kier molecular flexibility index (Phi) is 5.04. The van der Waals surface area contributed by atoms with E-state index in [-0.39, 0.29) is 5.91 Å². The number of anilines is 1. The summed E-state index contributed by atoms with van der Waals surface area (Å²) < 4.78 is 5.55. The second kappa shape index (κ2) is 7.25. The van der Waals surface area contributed by atoms with Crippen LogP contribution in [0.3, 0.4) is 0 Å². The summed E-state index contributed by atoms with van der Waals surface area (Å²) in [5.41, 5.74) is 5.67. The smallest absolute Gasteiger partial charge is 0.337 e. The molecule has 0 fully saturated rings. The van der Waals surface area contributed by atoms with Crippen LogP contribution in [0.1, 0.15) is 32.6 Å². The SMILES string of the molecule is COC(=O)c1ccc2nc(NC(=O)Cc3c(C)cc(C)cc3C)sc2c1. The summed E-state index contributed by atoms with van der Waals surface area (Å²) in [6.07, 6.45) is 0.307. The minimum absolute atomic E-state index is 0.104. The van der Waals surface area contributed by atoms with E-state index in [9.17, 15) is 9.59 Å². The van der Waals surface area contributed by atoms with E-state index in [0.717, 1.165) is 26.9 Å². The molecule has 0 unspecified atom stereocenters. The van der Waals surface area contributed by atoms with Gasteiger partial charge < -0.3 is 10.1 Å². The number of amides is 1. The highest BCUT2D eigenvalue weighted by Gasteiger charge is 2.13. The van der Waals surface area contributed by atoms with Gasteiger partial charge in [0.2, 0.25) is 5.91 Å². The number of ether oxygens (including phenoxy) is 1. The van der Waals surface area contributed by atoms with Crippen LogP contribution in [0.5, 0.6) is 0 Å². The number of carbonyl (C=O) groups is 2. The fourth-order valence-electron chi connectivity index (χ4n) is 3.04. The molecule has 0 radical (unpaired) electrons. The lowest BCUT2D eigenvalue weighted by Crippen LogP contribution is -2.15. The largest absolute Gasteiger partial charge is 0.465 e. The van der Waals surface area contributed by atoms with Crippen LogP contribution in [0.15, 0.2) is 30.3 Å². The van der Waals surface area contributed by atoms with Crippen molar-refractivity contribution in [3.8, 4) is 0 Å². The first-order chi connectivity index (χ1) is 12.4. The Morgan fingerprint density at radius 2 is 1.81 bits per heavy atom. The third kappa shape index (κ3) is 3.75. The van der Waals surface area contributed by atoms with Crippen molar-refractivity contribution in [3.63, 3.8) is 0 Å². The number of rotatable bonds is 4. The highest BCUT2D eigenvalue weighted by Crippen LogP contribution is 2.27. The van der Waals surface area contributed by atoms with E-state index in [1.54, 1.807) is 18.2 Å². The van der Waals surface area contributed by atoms with Crippen molar-refractivity contribution in [1.82, 2.24) is 4.98 Å². The van der Waals surface area contributed by atoms with Crippen molar-refractivity contribution < 1.29 is 14.3 Å². The molecular formula is C20H20N2O3S. The molecule has 0 saturated heterocycles. The van der Waals surface area contributed by atoms with Gasteiger partial charge >= 0.3 is 5.97 Å². The van der Waals surface area contributed by atoms with Gasteiger partial charge in [-0.05, 0) is 55.7 Å². The molecule has 1 amide bonds. The monoisotopic (exact) mass is 368 g/mol. The maximum absolute atomic E-state index is 12.5. The first-order valence-corrected chi connectivity index (χ1v) is 9.04. The Balaban J connectivity index is 1.78. The molecule has 134 valence electrons. The first-order valence-electron chi connectivity index (χ1n) is 8.23. The van der Waals surface area contributed by atoms with Gasteiger partial charge in [-0.1, -0.05) is 29.0 Å². The van der Waals surface area contributed by atoms with Crippen LogP contribution in [-0.2, 0) is 16.0 Å². The number of methoxy groups -OCH3 is 1. The summed E-state index contributed by atoms with van der Waals surface area (Å²) in [7, 11) is 1.35. The van der Waals surface area contributed by atoms with Gasteiger partial charge in [0.15, 0.2) is 5.13 Å². The molecule has 0 saturated carbocycles. The molecule has 26 heavy (non-hydrogen) atoms. The number of esters is 1. The molecule has 1 aromatic heterocycles. The summed E-state index contributed by atoms with van der Waals surface area (Å²) in [5, 5.41) is 3.39. The summed E-state index contributed by atoms with van der Waals surface area (Å²) in [6.45, 7) is 6.09. The average molecular weight is 368 g/mol. The third-order valence-corrected chi connectivity index (χ3v) is 5.17. The third-order valence-electron chi connectivity index (χ3n) is 4.23. The average Bonchev–Trinajstić information content (AvgIpc) is 2.98. The Bertz CT molecular complexity index is 984. The Hall–Kier alpha value is -2.73. The van der Waals surface area contributed by atoms with Crippen LogP contribution in [-0.4, -0.2) is 24.0 Å². The van der Waals surface area contributed by atoms with E-state index in [4.69, 9.17) is 4.74 Å². The molecule has 6 heteroatoms. The highest BCUT2D eigenvalue weighted by molar-refractivity contribution is 7.22. The molecule has 0 aliphatic carbocycles. The van der Waals surface area contributed by atoms with E-state index in [1.807, 2.05) is 20.8 Å². The van der Waals surface area contributed by atoms with Crippen molar-refractivity contribution in [1.29, 1.82) is 0 Å². The first kappa shape index (κ1) is 18.1. The molecule has 0 spiro atoms. The molecule has 2 aromatic carbocycles. The van der Waals surface area contributed by atoms with Crippen LogP contribution in [0.4, 0.5) is 5.13 Å². The molecule has 0 atom stereocenters. The molecule has 0 aliphatic rings. The lowest BCUT2D eigenvalue weighted by molar-refractivity contribution is -0.115. The van der Waals surface area contributed by atoms with Gasteiger partial charge in [0.25, 0.3) is 0 Å². The molecule has 0 aliphatic heterocycles. The Labute approximate surface area is 156 Å². The summed E-state index contributed by atoms with van der Waals surface area (Å²) in [4.78, 5) is 28.5. The number of nitrogens with zero attached hydrogens (tertiary/aromatic N) is 1. The number of hydrogen-bond donors (Lipinski definition) is 1. The van der Waals surface area contributed by atoms with Gasteiger partial charge in [0, 0.05) is 0 Å². The van der Waals surface area contributed by atoms with Gasteiger partial charge in [0.1, 0.15) is 0 Å². The van der Waals surface area contributed by atoms with Gasteiger partial charge in [-0.25, -0.2) is 9.78 Å². The molecule has 1 heterocycles. The molecular weight excluding hydrogens is 348 g/mol. The fraction of sp³-hybridized carbons (Fsp3) is 0.250. The number of aryl methyl sites for hydroxylation is 3. The number of benzene rings is 2. The Morgan fingerprint density at radius 1 is 1.12 bits per heavy atom. The van der Waals surface area contributed by atoms with Crippen LogP contribution < -0.4 is 5.32 Å². The number of fused-ring (bicyclic) bond motifs is 1. The lowest BCUT2D eigenvalue weighted by atomic mass is 9.97. The quantitative estimate of drug-likeness (QED) is 0.701. The van der Waals surface area contributed by atoms with Gasteiger partial charge in [0.05, 0.1) is 29.3 Å². The zero-order valence-corrected chi connectivity index (χ0v) is 16.0. The number of hydrogen-bond acceptors (Lipinski definition) is 5.